The second kappa shape index (κ2) is 13.1. The van der Waals surface area contributed by atoms with Crippen molar-refractivity contribution >= 4 is 11.8 Å². The van der Waals surface area contributed by atoms with E-state index in [1.54, 1.807) is 11.8 Å². The Balaban J connectivity index is 1.50. The maximum atomic E-state index is 13.5. The van der Waals surface area contributed by atoms with Crippen LogP contribution in [0.25, 0.3) is 0 Å². The first-order chi connectivity index (χ1) is 19.8. The third kappa shape index (κ3) is 7.85. The quantitative estimate of drug-likeness (QED) is 0.341. The number of alkyl halides is 6. The van der Waals surface area contributed by atoms with Gasteiger partial charge in [-0.2, -0.15) is 26.3 Å². The largest absolute Gasteiger partial charge is 0.416 e. The molecule has 2 fully saturated rings. The first-order valence-corrected chi connectivity index (χ1v) is 14.3. The summed E-state index contributed by atoms with van der Waals surface area (Å²) in [6.45, 7) is 3.93. The van der Waals surface area contributed by atoms with E-state index in [9.17, 15) is 35.9 Å². The van der Waals surface area contributed by atoms with Gasteiger partial charge in [0.25, 0.3) is 0 Å². The number of ether oxygens (including phenoxy) is 1. The average Bonchev–Trinajstić information content (AvgIpc) is 2.96. The molecule has 3 atom stereocenters. The number of halogens is 6. The van der Waals surface area contributed by atoms with Crippen molar-refractivity contribution in [3.63, 3.8) is 0 Å². The molecule has 1 N–H and O–H groups in total. The Labute approximate surface area is 241 Å². The van der Waals surface area contributed by atoms with Gasteiger partial charge in [-0.15, -0.1) is 0 Å². The normalized spacial score (nSPS) is 24.2. The van der Waals surface area contributed by atoms with Gasteiger partial charge in [-0.05, 0) is 68.4 Å². The fourth-order valence-corrected chi connectivity index (χ4v) is 5.94. The summed E-state index contributed by atoms with van der Waals surface area (Å²) in [4.78, 5) is 27.0. The van der Waals surface area contributed by atoms with Crippen LogP contribution in [0.5, 0.6) is 0 Å². The predicted octanol–water partition coefficient (Wildman–Crippen LogP) is 7.27. The van der Waals surface area contributed by atoms with E-state index < -0.39 is 35.7 Å². The van der Waals surface area contributed by atoms with Crippen LogP contribution in [0.4, 0.5) is 26.3 Å². The maximum Gasteiger partial charge on any atom is 0.416 e. The van der Waals surface area contributed by atoms with Gasteiger partial charge in [0.15, 0.2) is 0 Å². The number of hydrogen-bond acceptors (Lipinski definition) is 3. The number of nitrogens with zero attached hydrogens (tertiary/aromatic N) is 1. The average molecular weight is 599 g/mol. The Kier molecular flexibility index (Phi) is 9.90. The number of carbonyl (C=O) groups excluding carboxylic acids is 2. The Morgan fingerprint density at radius 1 is 0.929 bits per heavy atom. The van der Waals surface area contributed by atoms with Crippen molar-refractivity contribution in [2.75, 3.05) is 13.1 Å². The second-order valence-corrected chi connectivity index (χ2v) is 11.2. The van der Waals surface area contributed by atoms with E-state index in [0.717, 1.165) is 18.4 Å². The molecule has 5 nitrogen and oxygen atoms in total. The molecule has 1 saturated carbocycles. The van der Waals surface area contributed by atoms with Gasteiger partial charge in [-0.3, -0.25) is 9.59 Å². The zero-order valence-corrected chi connectivity index (χ0v) is 23.6. The van der Waals surface area contributed by atoms with Crippen LogP contribution in [0.15, 0.2) is 48.5 Å². The highest BCUT2D eigenvalue weighted by Crippen LogP contribution is 2.40. The zero-order chi connectivity index (χ0) is 30.7. The van der Waals surface area contributed by atoms with E-state index in [2.05, 4.69) is 5.32 Å². The number of piperidine rings is 1. The molecule has 2 aromatic carbocycles. The molecule has 2 amide bonds. The lowest BCUT2D eigenvalue weighted by Crippen LogP contribution is -2.49. The fraction of sp³-hybridized carbons (Fsp3) is 0.548. The van der Waals surface area contributed by atoms with Crippen LogP contribution in [0.1, 0.15) is 86.6 Å². The minimum atomic E-state index is -4.95. The van der Waals surface area contributed by atoms with Crippen molar-refractivity contribution in [1.29, 1.82) is 0 Å². The molecule has 11 heteroatoms. The molecule has 4 rings (SSSR count). The van der Waals surface area contributed by atoms with Crippen LogP contribution >= 0.6 is 0 Å². The van der Waals surface area contributed by atoms with Gasteiger partial charge in [0.05, 0.1) is 23.3 Å². The molecule has 1 saturated heterocycles. The number of likely N-dealkylation sites (tertiary alicyclic amines) is 1. The van der Waals surface area contributed by atoms with Crippen molar-refractivity contribution in [3.05, 3.63) is 70.8 Å². The van der Waals surface area contributed by atoms with E-state index in [1.807, 2.05) is 30.3 Å². The van der Waals surface area contributed by atoms with Crippen LogP contribution in [-0.2, 0) is 26.7 Å². The summed E-state index contributed by atoms with van der Waals surface area (Å²) in [6, 6.07) is 10.9. The monoisotopic (exact) mass is 598 g/mol. The minimum absolute atomic E-state index is 0.00783. The number of rotatable bonds is 7. The molecule has 1 aliphatic carbocycles. The van der Waals surface area contributed by atoms with Crippen molar-refractivity contribution in [3.8, 4) is 0 Å². The topological polar surface area (TPSA) is 58.6 Å². The van der Waals surface area contributed by atoms with E-state index in [4.69, 9.17) is 4.74 Å². The minimum Gasteiger partial charge on any atom is -0.370 e. The highest BCUT2D eigenvalue weighted by atomic mass is 19.4. The first kappa shape index (κ1) is 31.8. The highest BCUT2D eigenvalue weighted by molar-refractivity contribution is 5.79. The van der Waals surface area contributed by atoms with Crippen molar-refractivity contribution in [2.45, 2.75) is 88.9 Å². The summed E-state index contributed by atoms with van der Waals surface area (Å²) in [6.07, 6.45) is -7.94. The molecule has 1 heterocycles. The molecule has 1 aliphatic heterocycles. The molecule has 2 aromatic rings. The molecular weight excluding hydrogens is 562 g/mol. The summed E-state index contributed by atoms with van der Waals surface area (Å²) in [5, 5.41) is 2.99. The summed E-state index contributed by atoms with van der Waals surface area (Å²) < 4.78 is 86.9. The molecule has 0 spiro atoms. The van der Waals surface area contributed by atoms with Crippen LogP contribution in [0.3, 0.4) is 0 Å². The smallest absolute Gasteiger partial charge is 0.370 e. The zero-order valence-electron chi connectivity index (χ0n) is 23.6. The van der Waals surface area contributed by atoms with Crippen molar-refractivity contribution in [2.24, 2.45) is 5.92 Å². The lowest BCUT2D eigenvalue weighted by Gasteiger charge is -2.42. The predicted molar refractivity (Wildman–Crippen MR) is 144 cm³/mol. The molecule has 1 unspecified atom stereocenters. The van der Waals surface area contributed by atoms with Gasteiger partial charge in [0, 0.05) is 37.4 Å². The molecule has 2 aliphatic rings. The van der Waals surface area contributed by atoms with Gasteiger partial charge >= 0.3 is 12.4 Å². The standard InChI is InChI=1S/C31H36F6N2O3/c1-3-28(40)38-25-11-9-21(10-12-25)29(41)39-14-13-27(26(18-39)20-7-5-4-6-8-20)42-19(2)22-15-23(30(32,33)34)17-24(16-22)31(35,36)37/h4-8,15-17,19,21,25-27H,3,9-14,18H2,1-2H3,(H,38,40)/t19?,21-,25-,26-,27-/m0/s1. The van der Waals surface area contributed by atoms with Crippen molar-refractivity contribution < 1.29 is 40.7 Å². The maximum absolute atomic E-state index is 13.5. The Morgan fingerprint density at radius 2 is 1.52 bits per heavy atom. The van der Waals surface area contributed by atoms with E-state index in [1.165, 1.54) is 6.92 Å². The van der Waals surface area contributed by atoms with Crippen LogP contribution < -0.4 is 5.32 Å². The van der Waals surface area contributed by atoms with Gasteiger partial charge in [-0.1, -0.05) is 37.3 Å². The highest BCUT2D eigenvalue weighted by Gasteiger charge is 2.40. The molecular formula is C31H36F6N2O3. The van der Waals surface area contributed by atoms with Gasteiger partial charge in [0.2, 0.25) is 11.8 Å². The number of nitrogens with one attached hydrogen (secondary N) is 1. The molecule has 42 heavy (non-hydrogen) atoms. The van der Waals surface area contributed by atoms with Gasteiger partial charge in [0.1, 0.15) is 0 Å². The van der Waals surface area contributed by atoms with E-state index in [-0.39, 0.29) is 41.3 Å². The first-order valence-electron chi connectivity index (χ1n) is 14.3. The lowest BCUT2D eigenvalue weighted by molar-refractivity contribution is -0.143. The molecule has 230 valence electrons. The van der Waals surface area contributed by atoms with E-state index >= 15 is 0 Å². The SMILES string of the molecule is CCC(=O)N[C@H]1CC[C@H](C(=O)N2CC[C@H](OC(C)c3cc(C(F)(F)F)cc(C(F)(F)F)c3)[C@H](c3ccccc3)C2)CC1. The summed E-state index contributed by atoms with van der Waals surface area (Å²) in [5.41, 5.74) is -2.11. The molecule has 0 bridgehead atoms. The molecule has 0 aromatic heterocycles. The Hall–Kier alpha value is -3.08. The molecule has 0 radical (unpaired) electrons. The second-order valence-electron chi connectivity index (χ2n) is 11.2. The van der Waals surface area contributed by atoms with Crippen molar-refractivity contribution in [1.82, 2.24) is 10.2 Å². The van der Waals surface area contributed by atoms with Crippen LogP contribution in [0.2, 0.25) is 0 Å². The van der Waals surface area contributed by atoms with Gasteiger partial charge < -0.3 is 15.0 Å². The Morgan fingerprint density at radius 3 is 2.07 bits per heavy atom. The number of benzene rings is 2. The lowest BCUT2D eigenvalue weighted by atomic mass is 9.83. The summed E-state index contributed by atoms with van der Waals surface area (Å²) in [5.74, 6) is -0.472. The number of amides is 2. The van der Waals surface area contributed by atoms with E-state index in [0.29, 0.717) is 50.9 Å². The fourth-order valence-electron chi connectivity index (χ4n) is 5.94. The third-order valence-electron chi connectivity index (χ3n) is 8.31. The number of hydrogen-bond donors (Lipinski definition) is 1. The summed E-state index contributed by atoms with van der Waals surface area (Å²) >= 11 is 0. The van der Waals surface area contributed by atoms with Crippen LogP contribution in [0, 0.1) is 5.92 Å². The van der Waals surface area contributed by atoms with Gasteiger partial charge in [-0.25, -0.2) is 0 Å². The summed E-state index contributed by atoms with van der Waals surface area (Å²) in [7, 11) is 0. The Bertz CT molecular complexity index is 1190. The third-order valence-corrected chi connectivity index (χ3v) is 8.31. The number of carbonyl (C=O) groups is 2. The van der Waals surface area contributed by atoms with Crippen LogP contribution in [-0.4, -0.2) is 41.9 Å².